The quantitative estimate of drug-likeness (QED) is 0.470. The second kappa shape index (κ2) is 9.63. The zero-order valence-electron chi connectivity index (χ0n) is 18.5. The maximum absolute atomic E-state index is 15.2. The van der Waals surface area contributed by atoms with Crippen LogP contribution in [-0.4, -0.2) is 38.2 Å². The van der Waals surface area contributed by atoms with Crippen LogP contribution in [0.25, 0.3) is 0 Å². The van der Waals surface area contributed by atoms with E-state index >= 15 is 4.39 Å². The first-order chi connectivity index (χ1) is 15.7. The van der Waals surface area contributed by atoms with Gasteiger partial charge in [-0.1, -0.05) is 48.3 Å². The van der Waals surface area contributed by atoms with Gasteiger partial charge in [0.2, 0.25) is 0 Å². The van der Waals surface area contributed by atoms with Crippen LogP contribution in [0.3, 0.4) is 0 Å². The van der Waals surface area contributed by atoms with Gasteiger partial charge in [-0.2, -0.15) is 0 Å². The summed E-state index contributed by atoms with van der Waals surface area (Å²) in [6.45, 7) is 4.69. The highest BCUT2D eigenvalue weighted by Crippen LogP contribution is 2.43. The number of hydrogen-bond donors (Lipinski definition) is 0. The van der Waals surface area contributed by atoms with Crippen molar-refractivity contribution in [3.05, 3.63) is 78.1 Å². The summed E-state index contributed by atoms with van der Waals surface area (Å²) in [5.74, 6) is -0.108. The molecule has 168 valence electrons. The van der Waals surface area contributed by atoms with Crippen LogP contribution in [0, 0.1) is 5.82 Å². The normalized spacial score (nSPS) is 24.6. The Morgan fingerprint density at radius 2 is 1.84 bits per heavy atom. The Labute approximate surface area is 193 Å². The summed E-state index contributed by atoms with van der Waals surface area (Å²) in [6.07, 6.45) is 8.02. The minimum Gasteiger partial charge on any atom is -0.369 e. The first-order valence-electron chi connectivity index (χ1n) is 11.5. The van der Waals surface area contributed by atoms with Gasteiger partial charge in [-0.15, -0.1) is 10.2 Å². The molecule has 0 bridgehead atoms. The van der Waals surface area contributed by atoms with E-state index in [2.05, 4.69) is 67.3 Å². The van der Waals surface area contributed by atoms with E-state index in [9.17, 15) is 0 Å². The minimum absolute atomic E-state index is 0.108. The number of hydrogen-bond acceptors (Lipinski definition) is 5. The number of halogens is 1. The van der Waals surface area contributed by atoms with Gasteiger partial charge < -0.3 is 9.47 Å². The molecule has 5 nitrogen and oxygen atoms in total. The highest BCUT2D eigenvalue weighted by atomic mass is 32.2. The zero-order valence-corrected chi connectivity index (χ0v) is 19.3. The monoisotopic (exact) mass is 451 g/mol. The fourth-order valence-electron chi connectivity index (χ4n) is 4.80. The maximum atomic E-state index is 15.2. The second-order valence-electron chi connectivity index (χ2n) is 8.93. The summed E-state index contributed by atoms with van der Waals surface area (Å²) in [7, 11) is 0. The predicted octanol–water partition coefficient (Wildman–Crippen LogP) is 5.63. The summed E-state index contributed by atoms with van der Waals surface area (Å²) in [4.78, 5) is 2.28. The lowest BCUT2D eigenvalue weighted by Crippen LogP contribution is -2.36. The smallest absolute Gasteiger partial charge is 0.129 e. The summed E-state index contributed by atoms with van der Waals surface area (Å²) in [5.41, 5.74) is 3.10. The van der Waals surface area contributed by atoms with Gasteiger partial charge in [-0.05, 0) is 50.3 Å². The largest absolute Gasteiger partial charge is 0.369 e. The van der Waals surface area contributed by atoms with Crippen molar-refractivity contribution in [3.63, 3.8) is 0 Å². The van der Waals surface area contributed by atoms with E-state index in [1.807, 2.05) is 18.0 Å². The van der Waals surface area contributed by atoms with Crippen LogP contribution >= 0.6 is 11.9 Å². The first-order valence-corrected chi connectivity index (χ1v) is 12.4. The van der Waals surface area contributed by atoms with Crippen LogP contribution in [0.2, 0.25) is 0 Å². The molecule has 7 heteroatoms. The molecule has 2 fully saturated rings. The van der Waals surface area contributed by atoms with E-state index in [0.717, 1.165) is 50.0 Å². The number of rotatable bonds is 5. The standard InChI is InChI=1S/C25H30FN5S/c1-19-9-12-25(20-6-3-2-4-7-20)32-31(19)15-21-10-11-22(14-24(21)26)29-13-5-8-23(16-29)30-17-27-28-18-30/h2-4,6-7,10-11,14,17-19,23,25H,5,8-9,12-13,15-16H2,1H3/t19-,23+,25+/m0/s1. The Balaban J connectivity index is 1.27. The highest BCUT2D eigenvalue weighted by molar-refractivity contribution is 7.97. The topological polar surface area (TPSA) is 37.2 Å². The van der Waals surface area contributed by atoms with Crippen LogP contribution in [0.4, 0.5) is 10.1 Å². The Morgan fingerprint density at radius 3 is 2.62 bits per heavy atom. The van der Waals surface area contributed by atoms with E-state index in [4.69, 9.17) is 0 Å². The molecule has 0 amide bonds. The molecule has 2 saturated heterocycles. The van der Waals surface area contributed by atoms with Gasteiger partial charge >= 0.3 is 0 Å². The van der Waals surface area contributed by atoms with Crippen LogP contribution in [0.5, 0.6) is 0 Å². The molecule has 0 spiro atoms. The molecule has 3 heterocycles. The summed E-state index contributed by atoms with van der Waals surface area (Å²) >= 11 is 1.87. The van der Waals surface area contributed by atoms with Gasteiger partial charge in [0.25, 0.3) is 0 Å². The number of benzene rings is 2. The van der Waals surface area contributed by atoms with Gasteiger partial charge in [0.15, 0.2) is 0 Å². The summed E-state index contributed by atoms with van der Waals surface area (Å²) in [6, 6.07) is 17.2. The van der Waals surface area contributed by atoms with Gasteiger partial charge in [0, 0.05) is 42.2 Å². The minimum atomic E-state index is -0.108. The molecule has 3 atom stereocenters. The summed E-state index contributed by atoms with van der Waals surface area (Å²) < 4.78 is 19.6. The third kappa shape index (κ3) is 4.69. The van der Waals surface area contributed by atoms with E-state index < -0.39 is 0 Å². The summed E-state index contributed by atoms with van der Waals surface area (Å²) in [5, 5.41) is 8.31. The van der Waals surface area contributed by atoms with Gasteiger partial charge in [-0.3, -0.25) is 0 Å². The van der Waals surface area contributed by atoms with Crippen molar-refractivity contribution >= 4 is 17.6 Å². The molecule has 1 aromatic heterocycles. The number of anilines is 1. The Hall–Kier alpha value is -2.38. The maximum Gasteiger partial charge on any atom is 0.129 e. The van der Waals surface area contributed by atoms with Crippen molar-refractivity contribution < 1.29 is 4.39 Å². The van der Waals surface area contributed by atoms with E-state index in [1.165, 1.54) is 5.56 Å². The molecule has 3 aromatic rings. The van der Waals surface area contributed by atoms with Crippen molar-refractivity contribution in [2.24, 2.45) is 0 Å². The molecule has 5 rings (SSSR count). The van der Waals surface area contributed by atoms with Crippen LogP contribution in [-0.2, 0) is 6.54 Å². The van der Waals surface area contributed by atoms with Crippen molar-refractivity contribution in [1.82, 2.24) is 19.1 Å². The van der Waals surface area contributed by atoms with E-state index in [0.29, 0.717) is 23.9 Å². The van der Waals surface area contributed by atoms with Crippen molar-refractivity contribution in [2.45, 2.75) is 56.5 Å². The molecule has 0 saturated carbocycles. The van der Waals surface area contributed by atoms with Crippen LogP contribution in [0.1, 0.15) is 55.0 Å². The lowest BCUT2D eigenvalue weighted by atomic mass is 10.0. The molecule has 0 N–H and O–H groups in total. The van der Waals surface area contributed by atoms with Crippen molar-refractivity contribution in [1.29, 1.82) is 0 Å². The first kappa shape index (κ1) is 21.5. The fraction of sp³-hybridized carbons (Fsp3) is 0.440. The van der Waals surface area contributed by atoms with Gasteiger partial charge in [-0.25, -0.2) is 8.70 Å². The molecule has 2 aliphatic rings. The SMILES string of the molecule is C[C@H]1CC[C@H](c2ccccc2)SN1Cc1ccc(N2CCC[C@@H](n3cnnc3)C2)cc1F. The van der Waals surface area contributed by atoms with Gasteiger partial charge in [0.05, 0.1) is 6.04 Å². The number of aromatic nitrogens is 3. The van der Waals surface area contributed by atoms with E-state index in [-0.39, 0.29) is 5.82 Å². The van der Waals surface area contributed by atoms with Crippen LogP contribution < -0.4 is 4.90 Å². The average Bonchev–Trinajstić information content (AvgIpc) is 3.37. The molecule has 2 aromatic carbocycles. The number of nitrogens with zero attached hydrogens (tertiary/aromatic N) is 5. The molecule has 0 aliphatic carbocycles. The molecule has 2 aliphatic heterocycles. The number of piperidine rings is 1. The lowest BCUT2D eigenvalue weighted by Gasteiger charge is -2.37. The van der Waals surface area contributed by atoms with Gasteiger partial charge in [0.1, 0.15) is 18.5 Å². The Kier molecular flexibility index (Phi) is 6.46. The molecular weight excluding hydrogens is 421 g/mol. The third-order valence-corrected chi connectivity index (χ3v) is 8.28. The van der Waals surface area contributed by atoms with Crippen molar-refractivity contribution in [3.8, 4) is 0 Å². The van der Waals surface area contributed by atoms with Crippen LogP contribution in [0.15, 0.2) is 61.2 Å². The third-order valence-electron chi connectivity index (χ3n) is 6.75. The predicted molar refractivity (Wildman–Crippen MR) is 128 cm³/mol. The lowest BCUT2D eigenvalue weighted by molar-refractivity contribution is 0.317. The Bertz CT molecular complexity index is 1010. The molecule has 0 radical (unpaired) electrons. The fourth-order valence-corrected chi connectivity index (χ4v) is 6.18. The molecule has 0 unspecified atom stereocenters. The highest BCUT2D eigenvalue weighted by Gasteiger charge is 2.28. The molecular formula is C25H30FN5S. The van der Waals surface area contributed by atoms with E-state index in [1.54, 1.807) is 18.7 Å². The second-order valence-corrected chi connectivity index (χ2v) is 10.2. The zero-order chi connectivity index (χ0) is 21.9. The van der Waals surface area contributed by atoms with Crippen molar-refractivity contribution in [2.75, 3.05) is 18.0 Å². The molecule has 32 heavy (non-hydrogen) atoms. The Morgan fingerprint density at radius 1 is 1.03 bits per heavy atom. The average molecular weight is 452 g/mol.